The zero-order valence-electron chi connectivity index (χ0n) is 13.6. The number of carbonyl (C=O) groups excluding carboxylic acids is 2. The molecule has 0 saturated carbocycles. The number of aromatic nitrogens is 2. The molecule has 7 heteroatoms. The van der Waals surface area contributed by atoms with E-state index >= 15 is 0 Å². The Balaban J connectivity index is 1.72. The summed E-state index contributed by atoms with van der Waals surface area (Å²) in [6.45, 7) is 0. The number of hydrogen-bond acceptors (Lipinski definition) is 6. The molecule has 0 amide bonds. The first-order chi connectivity index (χ1) is 13.1. The Hall–Kier alpha value is -2.35. The first-order valence-corrected chi connectivity index (χ1v) is 10.4. The molecule has 1 aliphatic rings. The number of rotatable bonds is 2. The van der Waals surface area contributed by atoms with Crippen LogP contribution < -0.4 is 0 Å². The van der Waals surface area contributed by atoms with Crippen molar-refractivity contribution in [2.75, 3.05) is 0 Å². The second-order valence-corrected chi connectivity index (χ2v) is 8.58. The van der Waals surface area contributed by atoms with Crippen LogP contribution in [0.2, 0.25) is 0 Å². The van der Waals surface area contributed by atoms with Crippen LogP contribution in [0.5, 0.6) is 0 Å². The Morgan fingerprint density at radius 2 is 1.48 bits per heavy atom. The van der Waals surface area contributed by atoms with Crippen LogP contribution in [0.3, 0.4) is 0 Å². The van der Waals surface area contributed by atoms with Crippen LogP contribution in [0.1, 0.15) is 31.8 Å². The Kier molecular flexibility index (Phi) is 3.96. The summed E-state index contributed by atoms with van der Waals surface area (Å²) >= 11 is 5.99. The number of hydrogen-bond donors (Lipinski definition) is 0. The summed E-state index contributed by atoms with van der Waals surface area (Å²) in [5.41, 5.74) is 2.80. The SMILES string of the molecule is O=C1c2ccccc2C(=O)c2c1cc(Sc1ccc(Br)cc1)c1nsnc21. The number of halogens is 1. The third-order valence-corrected chi connectivity index (χ3v) is 6.53. The highest BCUT2D eigenvalue weighted by Crippen LogP contribution is 2.39. The summed E-state index contributed by atoms with van der Waals surface area (Å²) < 4.78 is 9.73. The maximum absolute atomic E-state index is 13.1. The lowest BCUT2D eigenvalue weighted by Gasteiger charge is -2.18. The second-order valence-electron chi connectivity index (χ2n) is 6.02. The lowest BCUT2D eigenvalue weighted by molar-refractivity contribution is 0.0980. The van der Waals surface area contributed by atoms with E-state index in [1.807, 2.05) is 24.3 Å². The molecule has 0 N–H and O–H groups in total. The maximum atomic E-state index is 13.1. The van der Waals surface area contributed by atoms with E-state index < -0.39 is 0 Å². The molecule has 0 atom stereocenters. The fourth-order valence-electron chi connectivity index (χ4n) is 3.19. The van der Waals surface area contributed by atoms with Gasteiger partial charge < -0.3 is 0 Å². The number of benzene rings is 3. The van der Waals surface area contributed by atoms with E-state index in [1.54, 1.807) is 30.3 Å². The maximum Gasteiger partial charge on any atom is 0.196 e. The summed E-state index contributed by atoms with van der Waals surface area (Å²) in [5, 5.41) is 0. The van der Waals surface area contributed by atoms with Crippen LogP contribution in [0.25, 0.3) is 11.0 Å². The molecule has 5 rings (SSSR count). The van der Waals surface area contributed by atoms with Crippen LogP contribution in [-0.4, -0.2) is 20.3 Å². The average molecular weight is 453 g/mol. The van der Waals surface area contributed by atoms with Crippen molar-refractivity contribution in [3.8, 4) is 0 Å². The third kappa shape index (κ3) is 2.65. The van der Waals surface area contributed by atoms with Crippen LogP contribution in [0, 0.1) is 0 Å². The van der Waals surface area contributed by atoms with Gasteiger partial charge in [0.25, 0.3) is 0 Å². The normalized spacial score (nSPS) is 12.9. The Morgan fingerprint density at radius 3 is 2.22 bits per heavy atom. The topological polar surface area (TPSA) is 59.9 Å². The molecule has 1 aromatic heterocycles. The Bertz CT molecular complexity index is 1250. The van der Waals surface area contributed by atoms with Crippen molar-refractivity contribution in [2.24, 2.45) is 0 Å². The van der Waals surface area contributed by atoms with E-state index in [9.17, 15) is 9.59 Å². The zero-order valence-corrected chi connectivity index (χ0v) is 16.8. The molecule has 0 bridgehead atoms. The van der Waals surface area contributed by atoms with Crippen molar-refractivity contribution in [3.63, 3.8) is 0 Å². The molecule has 4 nitrogen and oxygen atoms in total. The predicted molar refractivity (Wildman–Crippen MR) is 109 cm³/mol. The molecule has 0 saturated heterocycles. The van der Waals surface area contributed by atoms with Gasteiger partial charge in [-0.2, -0.15) is 8.75 Å². The standard InChI is InChI=1S/C20H9BrN2O2S2/c21-10-5-7-11(8-6-10)26-15-9-14-16(18-17(15)22-27-23-18)20(25)13-4-2-1-3-12(13)19(14)24/h1-9H. The minimum absolute atomic E-state index is 0.146. The van der Waals surface area contributed by atoms with E-state index in [0.717, 1.165) is 26.0 Å². The number of fused-ring (bicyclic) bond motifs is 4. The third-order valence-electron chi connectivity index (χ3n) is 4.43. The monoisotopic (exact) mass is 452 g/mol. The molecular weight excluding hydrogens is 444 g/mol. The van der Waals surface area contributed by atoms with E-state index in [4.69, 9.17) is 0 Å². The molecule has 130 valence electrons. The number of ketones is 2. The van der Waals surface area contributed by atoms with Gasteiger partial charge in [0.2, 0.25) is 0 Å². The summed E-state index contributed by atoms with van der Waals surface area (Å²) in [5.74, 6) is -0.314. The van der Waals surface area contributed by atoms with E-state index in [1.165, 1.54) is 11.8 Å². The molecule has 27 heavy (non-hydrogen) atoms. The zero-order chi connectivity index (χ0) is 18.5. The molecular formula is C20H9BrN2O2S2. The summed E-state index contributed by atoms with van der Waals surface area (Å²) in [7, 11) is 0. The molecule has 0 fully saturated rings. The molecule has 3 aromatic carbocycles. The predicted octanol–water partition coefficient (Wildman–Crippen LogP) is 5.38. The van der Waals surface area contributed by atoms with Crippen molar-refractivity contribution in [1.82, 2.24) is 8.75 Å². The van der Waals surface area contributed by atoms with Crippen molar-refractivity contribution < 1.29 is 9.59 Å². The van der Waals surface area contributed by atoms with Crippen LogP contribution in [0.15, 0.2) is 68.9 Å². The van der Waals surface area contributed by atoms with Crippen LogP contribution >= 0.6 is 39.4 Å². The molecule has 0 unspecified atom stereocenters. The van der Waals surface area contributed by atoms with Crippen molar-refractivity contribution in [3.05, 3.63) is 81.3 Å². The molecule has 0 spiro atoms. The van der Waals surface area contributed by atoms with Gasteiger partial charge in [0, 0.05) is 31.0 Å². The van der Waals surface area contributed by atoms with Crippen LogP contribution in [0.4, 0.5) is 0 Å². The van der Waals surface area contributed by atoms with Gasteiger partial charge in [0.15, 0.2) is 11.6 Å². The molecule has 0 radical (unpaired) electrons. The lowest BCUT2D eigenvalue weighted by Crippen LogP contribution is -2.21. The highest BCUT2D eigenvalue weighted by atomic mass is 79.9. The summed E-state index contributed by atoms with van der Waals surface area (Å²) in [4.78, 5) is 27.9. The van der Waals surface area contributed by atoms with Crippen molar-refractivity contribution in [1.29, 1.82) is 0 Å². The Labute approximate surface area is 171 Å². The highest BCUT2D eigenvalue weighted by molar-refractivity contribution is 9.10. The lowest BCUT2D eigenvalue weighted by atomic mass is 9.83. The van der Waals surface area contributed by atoms with Gasteiger partial charge in [0.05, 0.1) is 17.3 Å². The largest absolute Gasteiger partial charge is 0.289 e. The fraction of sp³-hybridized carbons (Fsp3) is 0. The van der Waals surface area contributed by atoms with Gasteiger partial charge in [0.1, 0.15) is 11.0 Å². The van der Waals surface area contributed by atoms with Crippen molar-refractivity contribution in [2.45, 2.75) is 9.79 Å². The summed E-state index contributed by atoms with van der Waals surface area (Å²) in [6, 6.07) is 16.6. The Morgan fingerprint density at radius 1 is 0.815 bits per heavy atom. The highest BCUT2D eigenvalue weighted by Gasteiger charge is 2.33. The first kappa shape index (κ1) is 16.8. The van der Waals surface area contributed by atoms with Gasteiger partial charge in [-0.05, 0) is 30.3 Å². The quantitative estimate of drug-likeness (QED) is 0.359. The van der Waals surface area contributed by atoms with E-state index in [-0.39, 0.29) is 11.6 Å². The molecule has 0 aliphatic heterocycles. The first-order valence-electron chi connectivity index (χ1n) is 8.04. The minimum atomic E-state index is -0.168. The van der Waals surface area contributed by atoms with Gasteiger partial charge in [-0.15, -0.1) is 0 Å². The minimum Gasteiger partial charge on any atom is -0.289 e. The van der Waals surface area contributed by atoms with E-state index in [0.29, 0.717) is 33.3 Å². The summed E-state index contributed by atoms with van der Waals surface area (Å²) in [6.07, 6.45) is 0. The number of carbonyl (C=O) groups is 2. The molecule has 4 aromatic rings. The fourth-order valence-corrected chi connectivity index (χ4v) is 5.02. The van der Waals surface area contributed by atoms with E-state index in [2.05, 4.69) is 24.7 Å². The van der Waals surface area contributed by atoms with Crippen molar-refractivity contribution >= 4 is 62.0 Å². The smallest absolute Gasteiger partial charge is 0.196 e. The van der Waals surface area contributed by atoms with Gasteiger partial charge in [-0.1, -0.05) is 52.0 Å². The number of nitrogens with zero attached hydrogens (tertiary/aromatic N) is 2. The average Bonchev–Trinajstić information content (AvgIpc) is 3.18. The second kappa shape index (κ2) is 6.37. The molecule has 1 aliphatic carbocycles. The molecule has 1 heterocycles. The van der Waals surface area contributed by atoms with Gasteiger partial charge in [-0.25, -0.2) is 0 Å². The van der Waals surface area contributed by atoms with Gasteiger partial charge >= 0.3 is 0 Å². The van der Waals surface area contributed by atoms with Crippen LogP contribution in [-0.2, 0) is 0 Å². The van der Waals surface area contributed by atoms with Gasteiger partial charge in [-0.3, -0.25) is 9.59 Å².